The minimum absolute atomic E-state index is 0.373. The number of ether oxygens (including phenoxy) is 4. The van der Waals surface area contributed by atoms with Gasteiger partial charge in [-0.15, -0.1) is 0 Å². The minimum Gasteiger partial charge on any atom is -0.493 e. The number of carbonyl (C=O) groups excluding carboxylic acids is 1. The van der Waals surface area contributed by atoms with E-state index in [1.807, 2.05) is 0 Å². The average molecular weight is 423 g/mol. The molecule has 2 rings (SSSR count). The van der Waals surface area contributed by atoms with Crippen molar-refractivity contribution in [2.45, 2.75) is 0 Å². The maximum atomic E-state index is 12.2. The van der Waals surface area contributed by atoms with Crippen LogP contribution in [0.2, 0.25) is 0 Å². The van der Waals surface area contributed by atoms with Crippen molar-refractivity contribution in [1.29, 1.82) is 0 Å². The molecule has 0 aromatic heterocycles. The van der Waals surface area contributed by atoms with Crippen molar-refractivity contribution in [3.05, 3.63) is 45.9 Å². The molecule has 0 atom stereocenters. The number of carbonyl (C=O) groups is 1. The summed E-state index contributed by atoms with van der Waals surface area (Å²) in [5, 5.41) is 3.97. The highest BCUT2D eigenvalue weighted by Gasteiger charge is 2.11. The van der Waals surface area contributed by atoms with Gasteiger partial charge in [-0.1, -0.05) is 0 Å². The van der Waals surface area contributed by atoms with Crippen LogP contribution in [0.1, 0.15) is 15.9 Å². The van der Waals surface area contributed by atoms with Gasteiger partial charge in [0.1, 0.15) is 0 Å². The third kappa shape index (κ3) is 4.45. The second kappa shape index (κ2) is 9.10. The molecular weight excluding hydrogens is 404 g/mol. The van der Waals surface area contributed by atoms with E-state index in [9.17, 15) is 4.79 Å². The molecule has 0 aliphatic rings. The van der Waals surface area contributed by atoms with E-state index in [4.69, 9.17) is 18.9 Å². The fourth-order valence-corrected chi connectivity index (χ4v) is 2.84. The summed E-state index contributed by atoms with van der Waals surface area (Å²) in [5.74, 6) is 1.77. The summed E-state index contributed by atoms with van der Waals surface area (Å²) in [7, 11) is 6.14. The van der Waals surface area contributed by atoms with Crippen molar-refractivity contribution >= 4 is 28.1 Å². The van der Waals surface area contributed by atoms with E-state index in [1.54, 1.807) is 44.6 Å². The van der Waals surface area contributed by atoms with Crippen LogP contribution in [-0.4, -0.2) is 40.6 Å². The number of nitrogens with zero attached hydrogens (tertiary/aromatic N) is 1. The SMILES string of the molecule is COc1ccc(C(=O)NN=Cc2cc(Br)c(OC)c(OC)c2)cc1OC. The van der Waals surface area contributed by atoms with Crippen molar-refractivity contribution in [2.24, 2.45) is 5.10 Å². The molecule has 8 heteroatoms. The van der Waals surface area contributed by atoms with Crippen LogP contribution in [0.25, 0.3) is 0 Å². The van der Waals surface area contributed by atoms with Gasteiger partial charge in [0.2, 0.25) is 0 Å². The zero-order valence-electron chi connectivity index (χ0n) is 14.8. The molecule has 7 nitrogen and oxygen atoms in total. The third-order valence-electron chi connectivity index (χ3n) is 3.48. The van der Waals surface area contributed by atoms with Crippen LogP contribution in [-0.2, 0) is 0 Å². The number of hydrogen-bond acceptors (Lipinski definition) is 6. The van der Waals surface area contributed by atoms with Crippen LogP contribution in [0.15, 0.2) is 39.9 Å². The number of hydrazone groups is 1. The van der Waals surface area contributed by atoms with Crippen molar-refractivity contribution < 1.29 is 23.7 Å². The van der Waals surface area contributed by atoms with E-state index < -0.39 is 0 Å². The largest absolute Gasteiger partial charge is 0.493 e. The van der Waals surface area contributed by atoms with Gasteiger partial charge in [0, 0.05) is 5.56 Å². The zero-order chi connectivity index (χ0) is 19.1. The van der Waals surface area contributed by atoms with Crippen molar-refractivity contribution in [3.8, 4) is 23.0 Å². The number of benzene rings is 2. The molecule has 0 heterocycles. The van der Waals surface area contributed by atoms with Crippen LogP contribution < -0.4 is 24.4 Å². The second-order valence-corrected chi connectivity index (χ2v) is 5.86. The van der Waals surface area contributed by atoms with Crippen molar-refractivity contribution in [3.63, 3.8) is 0 Å². The van der Waals surface area contributed by atoms with Crippen LogP contribution in [0.5, 0.6) is 23.0 Å². The predicted octanol–water partition coefficient (Wildman–Crippen LogP) is 3.25. The topological polar surface area (TPSA) is 78.4 Å². The van der Waals surface area contributed by atoms with E-state index in [0.717, 1.165) is 5.56 Å². The van der Waals surface area contributed by atoms with Gasteiger partial charge in [0.05, 0.1) is 39.1 Å². The Morgan fingerprint density at radius 3 is 2.27 bits per heavy atom. The number of nitrogens with one attached hydrogen (secondary N) is 1. The van der Waals surface area contributed by atoms with Crippen LogP contribution in [0.4, 0.5) is 0 Å². The van der Waals surface area contributed by atoms with Gasteiger partial charge in [0.25, 0.3) is 5.91 Å². The summed E-state index contributed by atoms with van der Waals surface area (Å²) in [6.45, 7) is 0. The molecule has 0 aliphatic heterocycles. The third-order valence-corrected chi connectivity index (χ3v) is 4.07. The summed E-state index contributed by atoms with van der Waals surface area (Å²) < 4.78 is 21.6. The summed E-state index contributed by atoms with van der Waals surface area (Å²) in [6.07, 6.45) is 1.51. The molecule has 0 saturated carbocycles. The summed E-state index contributed by atoms with van der Waals surface area (Å²) in [5.41, 5.74) is 3.59. The summed E-state index contributed by atoms with van der Waals surface area (Å²) in [6, 6.07) is 8.40. The lowest BCUT2D eigenvalue weighted by Crippen LogP contribution is -2.17. The standard InChI is InChI=1S/C18H19BrN2O5/c1-23-14-6-5-12(9-15(14)24-2)18(22)21-20-10-11-7-13(19)17(26-4)16(8-11)25-3/h5-10H,1-4H3,(H,21,22). The van der Waals surface area contributed by atoms with E-state index in [2.05, 4.69) is 26.5 Å². The quantitative estimate of drug-likeness (QED) is 0.547. The molecule has 2 aromatic rings. The summed E-state index contributed by atoms with van der Waals surface area (Å²) >= 11 is 3.41. The van der Waals surface area contributed by atoms with Gasteiger partial charge in [-0.25, -0.2) is 5.43 Å². The Labute approximate surface area is 160 Å². The average Bonchev–Trinajstić information content (AvgIpc) is 2.66. The number of rotatable bonds is 7. The molecule has 0 spiro atoms. The molecule has 0 saturated heterocycles. The molecule has 0 aliphatic carbocycles. The lowest BCUT2D eigenvalue weighted by Gasteiger charge is -2.10. The van der Waals surface area contributed by atoms with Crippen LogP contribution in [0.3, 0.4) is 0 Å². The first-order chi connectivity index (χ1) is 12.5. The molecule has 0 unspecified atom stereocenters. The lowest BCUT2D eigenvalue weighted by atomic mass is 10.2. The maximum absolute atomic E-state index is 12.2. The maximum Gasteiger partial charge on any atom is 0.271 e. The smallest absolute Gasteiger partial charge is 0.271 e. The Morgan fingerprint density at radius 2 is 1.65 bits per heavy atom. The monoisotopic (exact) mass is 422 g/mol. The second-order valence-electron chi connectivity index (χ2n) is 5.01. The lowest BCUT2D eigenvalue weighted by molar-refractivity contribution is 0.0954. The molecule has 0 fully saturated rings. The Bertz CT molecular complexity index is 823. The van der Waals surface area contributed by atoms with Gasteiger partial charge in [-0.3, -0.25) is 4.79 Å². The number of halogens is 1. The van der Waals surface area contributed by atoms with Gasteiger partial charge < -0.3 is 18.9 Å². The number of hydrogen-bond donors (Lipinski definition) is 1. The fraction of sp³-hybridized carbons (Fsp3) is 0.222. The van der Waals surface area contributed by atoms with E-state index in [0.29, 0.717) is 33.0 Å². The molecule has 0 radical (unpaired) electrons. The highest BCUT2D eigenvalue weighted by Crippen LogP contribution is 2.35. The van der Waals surface area contributed by atoms with Crippen LogP contribution >= 0.6 is 15.9 Å². The highest BCUT2D eigenvalue weighted by molar-refractivity contribution is 9.10. The molecule has 0 bridgehead atoms. The van der Waals surface area contributed by atoms with Gasteiger partial charge in [-0.05, 0) is 51.8 Å². The highest BCUT2D eigenvalue weighted by atomic mass is 79.9. The van der Waals surface area contributed by atoms with Crippen molar-refractivity contribution in [2.75, 3.05) is 28.4 Å². The normalized spacial score (nSPS) is 10.5. The first-order valence-electron chi connectivity index (χ1n) is 7.51. The Hall–Kier alpha value is -2.74. The first-order valence-corrected chi connectivity index (χ1v) is 8.30. The Kier molecular flexibility index (Phi) is 6.85. The Balaban J connectivity index is 2.13. The fourth-order valence-electron chi connectivity index (χ4n) is 2.22. The van der Waals surface area contributed by atoms with Gasteiger partial charge >= 0.3 is 0 Å². The van der Waals surface area contributed by atoms with Crippen LogP contribution in [0, 0.1) is 0 Å². The van der Waals surface area contributed by atoms with E-state index in [1.165, 1.54) is 20.4 Å². The molecular formula is C18H19BrN2O5. The van der Waals surface area contributed by atoms with E-state index in [-0.39, 0.29) is 5.91 Å². The predicted molar refractivity (Wildman–Crippen MR) is 102 cm³/mol. The minimum atomic E-state index is -0.373. The zero-order valence-corrected chi connectivity index (χ0v) is 16.4. The number of amides is 1. The Morgan fingerprint density at radius 1 is 0.962 bits per heavy atom. The number of methoxy groups -OCH3 is 4. The molecule has 26 heavy (non-hydrogen) atoms. The van der Waals surface area contributed by atoms with Gasteiger partial charge in [-0.2, -0.15) is 5.10 Å². The van der Waals surface area contributed by atoms with Crippen molar-refractivity contribution in [1.82, 2.24) is 5.43 Å². The molecule has 2 aromatic carbocycles. The molecule has 1 amide bonds. The summed E-state index contributed by atoms with van der Waals surface area (Å²) in [4.78, 5) is 12.2. The van der Waals surface area contributed by atoms with E-state index >= 15 is 0 Å². The first kappa shape index (κ1) is 19.6. The molecule has 1 N–H and O–H groups in total. The van der Waals surface area contributed by atoms with Gasteiger partial charge in [0.15, 0.2) is 23.0 Å². The molecule has 138 valence electrons.